The molecule has 9 heteroatoms. The van der Waals surface area contributed by atoms with E-state index in [4.69, 9.17) is 10.1 Å². The quantitative estimate of drug-likeness (QED) is 0.658. The highest BCUT2D eigenvalue weighted by atomic mass is 32.2. The molecule has 3 aromatic rings. The number of anilines is 2. The molecule has 0 atom stereocenters. The van der Waals surface area contributed by atoms with Crippen molar-refractivity contribution in [2.75, 3.05) is 38.5 Å². The maximum Gasteiger partial charge on any atom is 0.238 e. The van der Waals surface area contributed by atoms with Gasteiger partial charge in [0.1, 0.15) is 0 Å². The van der Waals surface area contributed by atoms with Crippen LogP contribution in [-0.4, -0.2) is 61.4 Å². The van der Waals surface area contributed by atoms with Crippen molar-refractivity contribution in [1.82, 2.24) is 19.8 Å². The number of hydrogen-bond donors (Lipinski definition) is 2. The number of para-hydroxylation sites is 1. The van der Waals surface area contributed by atoms with E-state index in [1.807, 2.05) is 12.1 Å². The van der Waals surface area contributed by atoms with Gasteiger partial charge >= 0.3 is 0 Å². The first kappa shape index (κ1) is 19.7. The summed E-state index contributed by atoms with van der Waals surface area (Å²) in [6.45, 7) is 5.08. The van der Waals surface area contributed by atoms with E-state index in [1.165, 1.54) is 17.7 Å². The van der Waals surface area contributed by atoms with Crippen LogP contribution in [-0.2, 0) is 16.6 Å². The Hall–Kier alpha value is -2.59. The van der Waals surface area contributed by atoms with Crippen molar-refractivity contribution in [3.8, 4) is 0 Å². The van der Waals surface area contributed by atoms with Gasteiger partial charge in [0.25, 0.3) is 0 Å². The van der Waals surface area contributed by atoms with Crippen molar-refractivity contribution in [2.24, 2.45) is 5.14 Å². The van der Waals surface area contributed by atoms with Gasteiger partial charge in [-0.2, -0.15) is 0 Å². The molecule has 0 aliphatic carbocycles. The average Bonchev–Trinajstić information content (AvgIpc) is 2.70. The average molecular weight is 413 g/mol. The van der Waals surface area contributed by atoms with Gasteiger partial charge in [0.2, 0.25) is 16.0 Å². The molecule has 0 unspecified atom stereocenters. The molecule has 0 saturated carbocycles. The Morgan fingerprint density at radius 2 is 1.79 bits per heavy atom. The van der Waals surface area contributed by atoms with Crippen LogP contribution in [0.1, 0.15) is 5.56 Å². The second-order valence-corrected chi connectivity index (χ2v) is 8.88. The third kappa shape index (κ3) is 4.70. The number of benzene rings is 2. The van der Waals surface area contributed by atoms with Crippen molar-refractivity contribution in [3.63, 3.8) is 0 Å². The minimum absolute atomic E-state index is 0.0666. The van der Waals surface area contributed by atoms with Gasteiger partial charge in [0, 0.05) is 50.0 Å². The fourth-order valence-electron chi connectivity index (χ4n) is 3.41. The molecule has 1 aliphatic rings. The van der Waals surface area contributed by atoms with E-state index in [2.05, 4.69) is 33.2 Å². The normalized spacial score (nSPS) is 16.2. The van der Waals surface area contributed by atoms with Crippen LogP contribution in [0.4, 0.5) is 11.6 Å². The van der Waals surface area contributed by atoms with Gasteiger partial charge in [-0.15, -0.1) is 0 Å². The summed E-state index contributed by atoms with van der Waals surface area (Å²) in [6, 6.07) is 12.4. The fraction of sp³-hybridized carbons (Fsp3) is 0.300. The Morgan fingerprint density at radius 1 is 1.07 bits per heavy atom. The van der Waals surface area contributed by atoms with E-state index < -0.39 is 10.0 Å². The number of hydrogen-bond acceptors (Lipinski definition) is 7. The van der Waals surface area contributed by atoms with E-state index in [1.54, 1.807) is 18.3 Å². The van der Waals surface area contributed by atoms with Crippen LogP contribution in [0.25, 0.3) is 10.9 Å². The first-order valence-corrected chi connectivity index (χ1v) is 11.0. The summed E-state index contributed by atoms with van der Waals surface area (Å²) in [6.07, 6.45) is 1.80. The standard InChI is InChI=1S/C20H24N6O2S/c1-25-9-11-26(12-10-25)14-16-4-2-3-15-13-22-20(24-19(15)16)23-17-5-7-18(8-6-17)29(21,27)28/h2-8,13H,9-12,14H2,1H3,(H2,21,27,28)(H,22,23,24). The lowest BCUT2D eigenvalue weighted by molar-refractivity contribution is 0.148. The molecule has 1 saturated heterocycles. The topological polar surface area (TPSA) is 104 Å². The van der Waals surface area contributed by atoms with E-state index in [0.29, 0.717) is 11.6 Å². The minimum atomic E-state index is -3.71. The molecule has 4 rings (SSSR count). The molecule has 2 heterocycles. The highest BCUT2D eigenvalue weighted by Crippen LogP contribution is 2.22. The first-order chi connectivity index (χ1) is 13.9. The number of nitrogens with one attached hydrogen (secondary N) is 1. The number of aromatic nitrogens is 2. The molecule has 1 fully saturated rings. The molecule has 1 aromatic heterocycles. The number of piperazine rings is 1. The molecule has 0 radical (unpaired) electrons. The highest BCUT2D eigenvalue weighted by Gasteiger charge is 2.16. The van der Waals surface area contributed by atoms with Crippen molar-refractivity contribution in [1.29, 1.82) is 0 Å². The number of sulfonamides is 1. The molecule has 0 amide bonds. The first-order valence-electron chi connectivity index (χ1n) is 9.44. The lowest BCUT2D eigenvalue weighted by atomic mass is 10.1. The molecule has 0 spiro atoms. The third-order valence-corrected chi connectivity index (χ3v) is 6.05. The van der Waals surface area contributed by atoms with Crippen LogP contribution >= 0.6 is 0 Å². The summed E-state index contributed by atoms with van der Waals surface area (Å²) in [5, 5.41) is 9.27. The number of nitrogens with zero attached hydrogens (tertiary/aromatic N) is 4. The van der Waals surface area contributed by atoms with Crippen LogP contribution in [0.2, 0.25) is 0 Å². The summed E-state index contributed by atoms with van der Waals surface area (Å²) in [5.41, 5.74) is 2.78. The Morgan fingerprint density at radius 3 is 2.48 bits per heavy atom. The van der Waals surface area contributed by atoms with E-state index in [9.17, 15) is 8.42 Å². The summed E-state index contributed by atoms with van der Waals surface area (Å²) < 4.78 is 22.8. The predicted octanol–water partition coefficient (Wildman–Crippen LogP) is 1.77. The van der Waals surface area contributed by atoms with Gasteiger partial charge in [-0.05, 0) is 36.9 Å². The second-order valence-electron chi connectivity index (χ2n) is 7.32. The Bertz CT molecular complexity index is 1110. The van der Waals surface area contributed by atoms with Gasteiger partial charge < -0.3 is 10.2 Å². The zero-order chi connectivity index (χ0) is 20.4. The van der Waals surface area contributed by atoms with E-state index in [0.717, 1.165) is 43.6 Å². The smallest absolute Gasteiger partial charge is 0.238 e. The maximum atomic E-state index is 11.4. The Balaban J connectivity index is 1.56. The van der Waals surface area contributed by atoms with Gasteiger partial charge in [0.15, 0.2) is 0 Å². The van der Waals surface area contributed by atoms with Gasteiger partial charge in [-0.3, -0.25) is 4.90 Å². The number of likely N-dealkylation sites (N-methyl/N-ethyl adjacent to an activating group) is 1. The van der Waals surface area contributed by atoms with E-state index >= 15 is 0 Å². The van der Waals surface area contributed by atoms with Gasteiger partial charge in [0.05, 0.1) is 10.4 Å². The zero-order valence-corrected chi connectivity index (χ0v) is 17.1. The van der Waals surface area contributed by atoms with Crippen LogP contribution in [0.5, 0.6) is 0 Å². The monoisotopic (exact) mass is 412 g/mol. The minimum Gasteiger partial charge on any atom is -0.324 e. The maximum absolute atomic E-state index is 11.4. The molecule has 3 N–H and O–H groups in total. The van der Waals surface area contributed by atoms with E-state index in [-0.39, 0.29) is 4.90 Å². The molecule has 152 valence electrons. The van der Waals surface area contributed by atoms with Crippen molar-refractivity contribution in [3.05, 3.63) is 54.2 Å². The van der Waals surface area contributed by atoms with Crippen molar-refractivity contribution >= 4 is 32.6 Å². The van der Waals surface area contributed by atoms with Crippen LogP contribution in [0, 0.1) is 0 Å². The number of primary sulfonamides is 1. The largest absolute Gasteiger partial charge is 0.324 e. The lowest BCUT2D eigenvalue weighted by Crippen LogP contribution is -2.43. The summed E-state index contributed by atoms with van der Waals surface area (Å²) >= 11 is 0. The molecule has 2 aromatic carbocycles. The molecule has 8 nitrogen and oxygen atoms in total. The summed E-state index contributed by atoms with van der Waals surface area (Å²) in [5.74, 6) is 0.465. The molecule has 29 heavy (non-hydrogen) atoms. The number of rotatable bonds is 5. The summed E-state index contributed by atoms with van der Waals surface area (Å²) in [7, 11) is -1.56. The van der Waals surface area contributed by atoms with Crippen LogP contribution in [0.3, 0.4) is 0 Å². The van der Waals surface area contributed by atoms with Gasteiger partial charge in [-0.1, -0.05) is 18.2 Å². The van der Waals surface area contributed by atoms with Crippen molar-refractivity contribution in [2.45, 2.75) is 11.4 Å². The SMILES string of the molecule is CN1CCN(Cc2cccc3cnc(Nc4ccc(S(N)(=O)=O)cc4)nc23)CC1. The summed E-state index contributed by atoms with van der Waals surface area (Å²) in [4.78, 5) is 14.0. The third-order valence-electron chi connectivity index (χ3n) is 5.12. The predicted molar refractivity (Wildman–Crippen MR) is 113 cm³/mol. The fourth-order valence-corrected chi connectivity index (χ4v) is 3.92. The Labute approximate surface area is 170 Å². The van der Waals surface area contributed by atoms with Crippen LogP contribution in [0.15, 0.2) is 53.6 Å². The number of fused-ring (bicyclic) bond motifs is 1. The Kier molecular flexibility index (Phi) is 5.46. The molecular formula is C20H24N6O2S. The van der Waals surface area contributed by atoms with Crippen LogP contribution < -0.4 is 10.5 Å². The zero-order valence-electron chi connectivity index (χ0n) is 16.2. The molecule has 0 bridgehead atoms. The second kappa shape index (κ2) is 8.03. The van der Waals surface area contributed by atoms with Gasteiger partial charge in [-0.25, -0.2) is 23.5 Å². The lowest BCUT2D eigenvalue weighted by Gasteiger charge is -2.32. The number of nitrogens with two attached hydrogens (primary N) is 1. The molecular weight excluding hydrogens is 388 g/mol. The van der Waals surface area contributed by atoms with Crippen molar-refractivity contribution < 1.29 is 8.42 Å². The molecule has 1 aliphatic heterocycles. The highest BCUT2D eigenvalue weighted by molar-refractivity contribution is 7.89.